The molecule has 0 saturated heterocycles. The molecule has 2 rings (SSSR count). The van der Waals surface area contributed by atoms with Gasteiger partial charge in [0.25, 0.3) is 0 Å². The summed E-state index contributed by atoms with van der Waals surface area (Å²) in [7, 11) is 0. The number of para-hydroxylation sites is 2. The van der Waals surface area contributed by atoms with Crippen LogP contribution in [0.5, 0.6) is 0 Å². The molecule has 22 heavy (non-hydrogen) atoms. The molecule has 0 saturated carbocycles. The van der Waals surface area contributed by atoms with Crippen molar-refractivity contribution in [3.05, 3.63) is 72.8 Å². The molecule has 0 spiro atoms. The number of hydrogen-bond acceptors (Lipinski definition) is 6. The number of hydrogen-bond donors (Lipinski definition) is 2. The van der Waals surface area contributed by atoms with Crippen molar-refractivity contribution < 1.29 is 19.3 Å². The third-order valence-corrected chi connectivity index (χ3v) is 2.44. The number of carbonyl (C=O) groups excluding carboxylic acids is 2. The minimum absolute atomic E-state index is 0.623. The standard InChI is InChI=1S/C16H14N2O4/c19-15(21-17-13-7-3-1-4-8-13)11-12-16(20)22-18-14-9-5-2-6-10-14/h1-12,17-18H. The molecule has 0 aromatic heterocycles. The highest BCUT2D eigenvalue weighted by Gasteiger charge is 2.02. The monoisotopic (exact) mass is 298 g/mol. The Labute approximate surface area is 127 Å². The molecule has 0 aliphatic heterocycles. The summed E-state index contributed by atoms with van der Waals surface area (Å²) < 4.78 is 0. The molecule has 2 aromatic rings. The number of benzene rings is 2. The zero-order valence-electron chi connectivity index (χ0n) is 11.6. The summed E-state index contributed by atoms with van der Waals surface area (Å²) in [5.74, 6) is -1.44. The Hall–Kier alpha value is -3.28. The molecule has 0 fully saturated rings. The van der Waals surface area contributed by atoms with Gasteiger partial charge in [-0.3, -0.25) is 0 Å². The zero-order valence-corrected chi connectivity index (χ0v) is 11.6. The Balaban J connectivity index is 1.71. The normalized spacial score (nSPS) is 10.0. The minimum Gasteiger partial charge on any atom is -0.339 e. The third-order valence-electron chi connectivity index (χ3n) is 2.44. The van der Waals surface area contributed by atoms with Crippen LogP contribution in [-0.4, -0.2) is 11.9 Å². The van der Waals surface area contributed by atoms with Gasteiger partial charge in [0, 0.05) is 12.2 Å². The van der Waals surface area contributed by atoms with E-state index in [1.54, 1.807) is 48.5 Å². The molecule has 2 aromatic carbocycles. The van der Waals surface area contributed by atoms with Gasteiger partial charge in [0.15, 0.2) is 0 Å². The maximum Gasteiger partial charge on any atom is 0.355 e. The van der Waals surface area contributed by atoms with E-state index in [0.29, 0.717) is 11.4 Å². The molecular weight excluding hydrogens is 284 g/mol. The highest BCUT2D eigenvalue weighted by molar-refractivity contribution is 5.92. The van der Waals surface area contributed by atoms with Gasteiger partial charge in [0.05, 0.1) is 11.4 Å². The molecule has 0 aliphatic carbocycles. The highest BCUT2D eigenvalue weighted by Crippen LogP contribution is 2.05. The lowest BCUT2D eigenvalue weighted by atomic mass is 10.3. The maximum atomic E-state index is 11.4. The lowest BCUT2D eigenvalue weighted by Gasteiger charge is -2.04. The average Bonchev–Trinajstić information content (AvgIpc) is 2.58. The van der Waals surface area contributed by atoms with Crippen LogP contribution in [0.2, 0.25) is 0 Å². The van der Waals surface area contributed by atoms with Crippen molar-refractivity contribution >= 4 is 23.3 Å². The number of rotatable bonds is 6. The summed E-state index contributed by atoms with van der Waals surface area (Å²) in [6.07, 6.45) is 1.93. The first-order valence-electron chi connectivity index (χ1n) is 6.46. The van der Waals surface area contributed by atoms with Gasteiger partial charge >= 0.3 is 11.9 Å². The second kappa shape index (κ2) is 8.11. The first kappa shape index (κ1) is 15.1. The number of carbonyl (C=O) groups is 2. The largest absolute Gasteiger partial charge is 0.355 e. The molecule has 6 heteroatoms. The van der Waals surface area contributed by atoms with E-state index in [2.05, 4.69) is 11.0 Å². The summed E-state index contributed by atoms with van der Waals surface area (Å²) >= 11 is 0. The van der Waals surface area contributed by atoms with E-state index in [-0.39, 0.29) is 0 Å². The molecule has 0 aliphatic rings. The molecule has 112 valence electrons. The van der Waals surface area contributed by atoms with Crippen LogP contribution in [0.15, 0.2) is 72.8 Å². The summed E-state index contributed by atoms with van der Waals surface area (Å²) in [6, 6.07) is 17.8. The SMILES string of the molecule is O=C(C=CC(=O)ONc1ccccc1)ONc1ccccc1. The van der Waals surface area contributed by atoms with Crippen LogP contribution >= 0.6 is 0 Å². The third kappa shape index (κ3) is 5.38. The molecule has 0 atom stereocenters. The topological polar surface area (TPSA) is 76.7 Å². The van der Waals surface area contributed by atoms with Crippen LogP contribution in [0.4, 0.5) is 11.4 Å². The van der Waals surface area contributed by atoms with Crippen LogP contribution in [0.1, 0.15) is 0 Å². The molecule has 0 amide bonds. The fourth-order valence-corrected chi connectivity index (χ4v) is 1.43. The fraction of sp³-hybridized carbons (Fsp3) is 0. The van der Waals surface area contributed by atoms with E-state index < -0.39 is 11.9 Å². The minimum atomic E-state index is -0.722. The van der Waals surface area contributed by atoms with Gasteiger partial charge in [0.2, 0.25) is 0 Å². The predicted octanol–water partition coefficient (Wildman–Crippen LogP) is 2.68. The average molecular weight is 298 g/mol. The summed E-state index contributed by atoms with van der Waals surface area (Å²) in [4.78, 5) is 32.3. The number of anilines is 2. The Morgan fingerprint density at radius 1 is 0.682 bits per heavy atom. The van der Waals surface area contributed by atoms with Crippen molar-refractivity contribution in [3.8, 4) is 0 Å². The van der Waals surface area contributed by atoms with Crippen LogP contribution in [0, 0.1) is 0 Å². The Kier molecular flexibility index (Phi) is 5.57. The molecule has 0 bridgehead atoms. The van der Waals surface area contributed by atoms with Crippen LogP contribution in [0.25, 0.3) is 0 Å². The van der Waals surface area contributed by atoms with Crippen molar-refractivity contribution in [2.24, 2.45) is 0 Å². The second-order valence-electron chi connectivity index (χ2n) is 4.11. The Bertz CT molecular complexity index is 584. The van der Waals surface area contributed by atoms with E-state index in [1.807, 2.05) is 12.1 Å². The van der Waals surface area contributed by atoms with Crippen molar-refractivity contribution in [3.63, 3.8) is 0 Å². The van der Waals surface area contributed by atoms with E-state index in [0.717, 1.165) is 12.2 Å². The molecule has 0 heterocycles. The summed E-state index contributed by atoms with van der Waals surface area (Å²) in [6.45, 7) is 0. The molecule has 0 unspecified atom stereocenters. The lowest BCUT2D eigenvalue weighted by Crippen LogP contribution is -2.10. The van der Waals surface area contributed by atoms with Crippen LogP contribution in [0.3, 0.4) is 0 Å². The van der Waals surface area contributed by atoms with Crippen LogP contribution < -0.4 is 11.0 Å². The maximum absolute atomic E-state index is 11.4. The van der Waals surface area contributed by atoms with Gasteiger partial charge < -0.3 is 9.68 Å². The molecule has 0 radical (unpaired) electrons. The van der Waals surface area contributed by atoms with Gasteiger partial charge in [-0.05, 0) is 24.3 Å². The predicted molar refractivity (Wildman–Crippen MR) is 81.5 cm³/mol. The lowest BCUT2D eigenvalue weighted by molar-refractivity contribution is -0.137. The first-order chi connectivity index (χ1) is 10.7. The van der Waals surface area contributed by atoms with Gasteiger partial charge in [0.1, 0.15) is 0 Å². The Morgan fingerprint density at radius 2 is 1.05 bits per heavy atom. The number of nitrogens with one attached hydrogen (secondary N) is 2. The van der Waals surface area contributed by atoms with E-state index in [1.165, 1.54) is 0 Å². The van der Waals surface area contributed by atoms with Gasteiger partial charge in [-0.2, -0.15) is 0 Å². The van der Waals surface area contributed by atoms with Crippen molar-refractivity contribution in [2.75, 3.05) is 11.0 Å². The molecule has 2 N–H and O–H groups in total. The summed E-state index contributed by atoms with van der Waals surface area (Å²) in [5, 5.41) is 0. The highest BCUT2D eigenvalue weighted by atomic mass is 16.7. The Morgan fingerprint density at radius 3 is 1.41 bits per heavy atom. The van der Waals surface area contributed by atoms with E-state index >= 15 is 0 Å². The van der Waals surface area contributed by atoms with Crippen molar-refractivity contribution in [1.29, 1.82) is 0 Å². The van der Waals surface area contributed by atoms with Crippen LogP contribution in [-0.2, 0) is 19.3 Å². The smallest absolute Gasteiger partial charge is 0.339 e. The van der Waals surface area contributed by atoms with Crippen molar-refractivity contribution in [1.82, 2.24) is 0 Å². The summed E-state index contributed by atoms with van der Waals surface area (Å²) in [5.41, 5.74) is 6.16. The van der Waals surface area contributed by atoms with Gasteiger partial charge in [-0.15, -0.1) is 0 Å². The second-order valence-corrected chi connectivity index (χ2v) is 4.11. The quantitative estimate of drug-likeness (QED) is 0.631. The molecule has 6 nitrogen and oxygen atoms in total. The zero-order chi connectivity index (χ0) is 15.6. The first-order valence-corrected chi connectivity index (χ1v) is 6.46. The van der Waals surface area contributed by atoms with E-state index in [4.69, 9.17) is 9.68 Å². The van der Waals surface area contributed by atoms with Crippen molar-refractivity contribution in [2.45, 2.75) is 0 Å². The van der Waals surface area contributed by atoms with E-state index in [9.17, 15) is 9.59 Å². The molecular formula is C16H14N2O4. The van der Waals surface area contributed by atoms with Gasteiger partial charge in [-0.25, -0.2) is 20.5 Å². The fourth-order valence-electron chi connectivity index (χ4n) is 1.43. The van der Waals surface area contributed by atoms with Gasteiger partial charge in [-0.1, -0.05) is 36.4 Å².